The zero-order valence-electron chi connectivity index (χ0n) is 6.78. The summed E-state index contributed by atoms with van der Waals surface area (Å²) in [6.07, 6.45) is 2.55. The molecule has 10 heavy (non-hydrogen) atoms. The first kappa shape index (κ1) is 9.66. The molecular formula is C8H16O2. The predicted molar refractivity (Wildman–Crippen MR) is 41.4 cm³/mol. The standard InChI is InChI=1S/C8H16O2/c1-6(2)4-5-7(3)8(9)10/h4-10H,1-3H3. The second-order valence-corrected chi connectivity index (χ2v) is 2.90. The van der Waals surface area contributed by atoms with Crippen LogP contribution in [0.3, 0.4) is 0 Å². The molecule has 2 nitrogen and oxygen atoms in total. The molecule has 0 aromatic rings. The Morgan fingerprint density at radius 1 is 1.00 bits per heavy atom. The monoisotopic (exact) mass is 144 g/mol. The van der Waals surface area contributed by atoms with E-state index in [1.54, 1.807) is 6.92 Å². The summed E-state index contributed by atoms with van der Waals surface area (Å²) < 4.78 is 0. The van der Waals surface area contributed by atoms with Gasteiger partial charge in [0, 0.05) is 5.92 Å². The molecule has 2 N–H and O–H groups in total. The van der Waals surface area contributed by atoms with Gasteiger partial charge in [-0.3, -0.25) is 0 Å². The summed E-state index contributed by atoms with van der Waals surface area (Å²) in [7, 11) is 0. The highest BCUT2D eigenvalue weighted by molar-refractivity contribution is 4.89. The second-order valence-electron chi connectivity index (χ2n) is 2.90. The molecule has 0 aliphatic carbocycles. The molecule has 2 heteroatoms. The summed E-state index contributed by atoms with van der Waals surface area (Å²) in [6.45, 7) is 5.86. The zero-order valence-corrected chi connectivity index (χ0v) is 6.78. The van der Waals surface area contributed by atoms with Gasteiger partial charge in [-0.1, -0.05) is 32.9 Å². The Hall–Kier alpha value is -0.340. The molecule has 0 rings (SSSR count). The zero-order chi connectivity index (χ0) is 8.15. The first-order chi connectivity index (χ1) is 4.54. The number of rotatable bonds is 3. The minimum Gasteiger partial charge on any atom is -0.368 e. The van der Waals surface area contributed by atoms with Crippen LogP contribution in [0.25, 0.3) is 0 Å². The van der Waals surface area contributed by atoms with Gasteiger partial charge in [-0.15, -0.1) is 0 Å². The Bertz CT molecular complexity index is 106. The minimum absolute atomic E-state index is 0.164. The molecule has 0 fully saturated rings. The molecule has 0 saturated carbocycles. The van der Waals surface area contributed by atoms with Crippen molar-refractivity contribution in [2.45, 2.75) is 27.1 Å². The lowest BCUT2D eigenvalue weighted by molar-refractivity contribution is -0.0652. The van der Waals surface area contributed by atoms with Gasteiger partial charge in [-0.2, -0.15) is 0 Å². The van der Waals surface area contributed by atoms with Gasteiger partial charge in [0.05, 0.1) is 0 Å². The molecule has 0 heterocycles. The van der Waals surface area contributed by atoms with Gasteiger partial charge in [0.15, 0.2) is 6.29 Å². The maximum atomic E-state index is 8.64. The summed E-state index contributed by atoms with van der Waals surface area (Å²) in [5.74, 6) is 0.309. The third kappa shape index (κ3) is 4.53. The summed E-state index contributed by atoms with van der Waals surface area (Å²) >= 11 is 0. The van der Waals surface area contributed by atoms with Crippen LogP contribution in [0.1, 0.15) is 20.8 Å². The predicted octanol–water partition coefficient (Wildman–Crippen LogP) is 1.15. The van der Waals surface area contributed by atoms with Crippen molar-refractivity contribution < 1.29 is 10.2 Å². The van der Waals surface area contributed by atoms with Crippen molar-refractivity contribution in [2.75, 3.05) is 0 Å². The summed E-state index contributed by atoms with van der Waals surface area (Å²) in [5.41, 5.74) is 0. The van der Waals surface area contributed by atoms with Crippen LogP contribution in [0.2, 0.25) is 0 Å². The molecule has 60 valence electrons. The maximum Gasteiger partial charge on any atom is 0.157 e. The Morgan fingerprint density at radius 3 is 1.80 bits per heavy atom. The van der Waals surface area contributed by atoms with Crippen molar-refractivity contribution in [1.82, 2.24) is 0 Å². The van der Waals surface area contributed by atoms with Crippen molar-refractivity contribution in [3.05, 3.63) is 12.2 Å². The van der Waals surface area contributed by atoms with E-state index in [9.17, 15) is 0 Å². The van der Waals surface area contributed by atoms with Gasteiger partial charge in [0.2, 0.25) is 0 Å². The van der Waals surface area contributed by atoms with Gasteiger partial charge >= 0.3 is 0 Å². The molecule has 0 aromatic heterocycles. The lowest BCUT2D eigenvalue weighted by Crippen LogP contribution is -2.13. The van der Waals surface area contributed by atoms with Crippen LogP contribution in [-0.2, 0) is 0 Å². The van der Waals surface area contributed by atoms with Crippen LogP contribution in [0.5, 0.6) is 0 Å². The minimum atomic E-state index is -1.23. The van der Waals surface area contributed by atoms with Crippen molar-refractivity contribution in [3.8, 4) is 0 Å². The fourth-order valence-corrected chi connectivity index (χ4v) is 0.497. The fraction of sp³-hybridized carbons (Fsp3) is 0.750. The number of hydrogen-bond donors (Lipinski definition) is 2. The topological polar surface area (TPSA) is 40.5 Å². The van der Waals surface area contributed by atoms with E-state index in [-0.39, 0.29) is 5.92 Å². The third-order valence-electron chi connectivity index (χ3n) is 1.27. The number of hydrogen-bond acceptors (Lipinski definition) is 2. The first-order valence-corrected chi connectivity index (χ1v) is 3.58. The van der Waals surface area contributed by atoms with E-state index >= 15 is 0 Å². The van der Waals surface area contributed by atoms with Gasteiger partial charge in [0.1, 0.15) is 0 Å². The smallest absolute Gasteiger partial charge is 0.157 e. The van der Waals surface area contributed by atoms with Crippen molar-refractivity contribution in [2.24, 2.45) is 11.8 Å². The highest BCUT2D eigenvalue weighted by Crippen LogP contribution is 2.04. The molecule has 0 aliphatic rings. The van der Waals surface area contributed by atoms with E-state index in [0.29, 0.717) is 5.92 Å². The first-order valence-electron chi connectivity index (χ1n) is 3.58. The highest BCUT2D eigenvalue weighted by Gasteiger charge is 2.04. The van der Waals surface area contributed by atoms with Crippen molar-refractivity contribution in [1.29, 1.82) is 0 Å². The summed E-state index contributed by atoms with van der Waals surface area (Å²) in [5, 5.41) is 17.3. The van der Waals surface area contributed by atoms with Crippen molar-refractivity contribution >= 4 is 0 Å². The lowest BCUT2D eigenvalue weighted by atomic mass is 10.1. The molecule has 0 aliphatic heterocycles. The molecule has 0 spiro atoms. The van der Waals surface area contributed by atoms with E-state index in [2.05, 4.69) is 0 Å². The molecular weight excluding hydrogens is 128 g/mol. The highest BCUT2D eigenvalue weighted by atomic mass is 16.5. The van der Waals surface area contributed by atoms with Gasteiger partial charge in [0.25, 0.3) is 0 Å². The molecule has 1 unspecified atom stereocenters. The van der Waals surface area contributed by atoms with E-state index in [0.717, 1.165) is 0 Å². The van der Waals surface area contributed by atoms with Crippen molar-refractivity contribution in [3.63, 3.8) is 0 Å². The van der Waals surface area contributed by atoms with E-state index in [1.165, 1.54) is 0 Å². The Balaban J connectivity index is 3.66. The SMILES string of the molecule is CC(C)C=CC(C)C(O)O. The number of aliphatic hydroxyl groups is 2. The van der Waals surface area contributed by atoms with Crippen LogP contribution in [0.15, 0.2) is 12.2 Å². The third-order valence-corrected chi connectivity index (χ3v) is 1.27. The van der Waals surface area contributed by atoms with Crippen LogP contribution >= 0.6 is 0 Å². The van der Waals surface area contributed by atoms with Crippen LogP contribution in [-0.4, -0.2) is 16.5 Å². The molecule has 1 atom stereocenters. The molecule has 0 bridgehead atoms. The molecule has 0 aromatic carbocycles. The van der Waals surface area contributed by atoms with Crippen LogP contribution in [0, 0.1) is 11.8 Å². The molecule has 0 amide bonds. The Morgan fingerprint density at radius 2 is 1.50 bits per heavy atom. The van der Waals surface area contributed by atoms with E-state index in [4.69, 9.17) is 10.2 Å². The quantitative estimate of drug-likeness (QED) is 0.460. The molecule has 0 radical (unpaired) electrons. The van der Waals surface area contributed by atoms with Crippen LogP contribution < -0.4 is 0 Å². The normalized spacial score (nSPS) is 15.5. The van der Waals surface area contributed by atoms with Gasteiger partial charge in [-0.25, -0.2) is 0 Å². The fourth-order valence-electron chi connectivity index (χ4n) is 0.497. The lowest BCUT2D eigenvalue weighted by Gasteiger charge is -2.07. The average molecular weight is 144 g/mol. The van der Waals surface area contributed by atoms with Crippen LogP contribution in [0.4, 0.5) is 0 Å². The number of aliphatic hydroxyl groups excluding tert-OH is 1. The summed E-state index contributed by atoms with van der Waals surface area (Å²) in [6, 6.07) is 0. The molecule has 0 saturated heterocycles. The maximum absolute atomic E-state index is 8.64. The number of allylic oxidation sites excluding steroid dienone is 1. The Labute approximate surface area is 62.2 Å². The van der Waals surface area contributed by atoms with E-state index < -0.39 is 6.29 Å². The van der Waals surface area contributed by atoms with E-state index in [1.807, 2.05) is 26.0 Å². The second kappa shape index (κ2) is 4.47. The largest absolute Gasteiger partial charge is 0.368 e. The van der Waals surface area contributed by atoms with Gasteiger partial charge in [-0.05, 0) is 5.92 Å². The Kier molecular flexibility index (Phi) is 4.32. The average Bonchev–Trinajstić information content (AvgIpc) is 1.82. The summed E-state index contributed by atoms with van der Waals surface area (Å²) in [4.78, 5) is 0. The van der Waals surface area contributed by atoms with Gasteiger partial charge < -0.3 is 10.2 Å².